The van der Waals surface area contributed by atoms with Crippen molar-refractivity contribution < 1.29 is 15.0 Å². The fraction of sp³-hybridized carbons (Fsp3) is 0.200. The van der Waals surface area contributed by atoms with Crippen molar-refractivity contribution in [2.45, 2.75) is 12.6 Å². The quantitative estimate of drug-likeness (QED) is 0.556. The van der Waals surface area contributed by atoms with Crippen LogP contribution in [-0.4, -0.2) is 48.6 Å². The Labute approximate surface area is 155 Å². The largest absolute Gasteiger partial charge is 0.394 e. The van der Waals surface area contributed by atoms with Crippen molar-refractivity contribution in [3.05, 3.63) is 45.6 Å². The Morgan fingerprint density at radius 1 is 1.36 bits per heavy atom. The highest BCUT2D eigenvalue weighted by molar-refractivity contribution is 9.10. The van der Waals surface area contributed by atoms with E-state index in [1.807, 2.05) is 0 Å². The van der Waals surface area contributed by atoms with E-state index >= 15 is 0 Å². The Morgan fingerprint density at radius 3 is 2.76 bits per heavy atom. The van der Waals surface area contributed by atoms with Crippen LogP contribution in [0.2, 0.25) is 0 Å². The molecule has 1 aromatic carbocycles. The maximum absolute atomic E-state index is 12.0. The second kappa shape index (κ2) is 7.83. The van der Waals surface area contributed by atoms with Gasteiger partial charge in [-0.2, -0.15) is 0 Å². The fourth-order valence-corrected chi connectivity index (χ4v) is 3.03. The summed E-state index contributed by atoms with van der Waals surface area (Å²) in [4.78, 5) is 20.2. The van der Waals surface area contributed by atoms with E-state index in [-0.39, 0.29) is 19.1 Å². The molecule has 0 aliphatic heterocycles. The van der Waals surface area contributed by atoms with Crippen LogP contribution >= 0.6 is 27.3 Å². The van der Waals surface area contributed by atoms with E-state index in [0.29, 0.717) is 21.9 Å². The minimum Gasteiger partial charge on any atom is -0.394 e. The number of aliphatic hydroxyl groups excluding tert-OH is 2. The van der Waals surface area contributed by atoms with Crippen molar-refractivity contribution >= 4 is 38.9 Å². The van der Waals surface area contributed by atoms with Crippen LogP contribution in [0.5, 0.6) is 0 Å². The van der Waals surface area contributed by atoms with Crippen LogP contribution in [0.4, 0.5) is 5.69 Å². The molecule has 8 nitrogen and oxygen atoms in total. The smallest absolute Gasteiger partial charge is 0.275 e. The number of carbonyl (C=O) groups excluding carboxylic acids is 1. The average molecular weight is 424 g/mol. The third-order valence-electron chi connectivity index (χ3n) is 3.31. The Bertz CT molecular complexity index is 851. The zero-order valence-corrected chi connectivity index (χ0v) is 15.2. The molecule has 10 heteroatoms. The van der Waals surface area contributed by atoms with Crippen LogP contribution < -0.4 is 5.32 Å². The monoisotopic (exact) mass is 423 g/mol. The molecule has 130 valence electrons. The summed E-state index contributed by atoms with van der Waals surface area (Å²) >= 11 is 4.57. The van der Waals surface area contributed by atoms with Gasteiger partial charge in [-0.15, -0.1) is 16.4 Å². The number of benzene rings is 1. The second-order valence-corrected chi connectivity index (χ2v) is 6.56. The number of nitrogens with zero attached hydrogens (tertiary/aromatic N) is 4. The van der Waals surface area contributed by atoms with Crippen LogP contribution in [0.25, 0.3) is 11.4 Å². The maximum Gasteiger partial charge on any atom is 0.275 e. The number of hydrogen-bond donors (Lipinski definition) is 3. The van der Waals surface area contributed by atoms with Crippen molar-refractivity contribution in [2.75, 3.05) is 11.9 Å². The van der Waals surface area contributed by atoms with Crippen LogP contribution in [-0.2, 0) is 6.54 Å². The third kappa shape index (κ3) is 4.28. The maximum atomic E-state index is 12.0. The van der Waals surface area contributed by atoms with Crippen LogP contribution in [0.3, 0.4) is 0 Å². The number of hydrogen-bond acceptors (Lipinski definition) is 7. The normalized spacial score (nSPS) is 12.1. The SMILES string of the molecule is O=C(Nc1ccc(-c2nc(Br)nn2CC(O)CO)cc1)c1cscn1. The molecule has 3 N–H and O–H groups in total. The molecule has 25 heavy (non-hydrogen) atoms. The van der Waals surface area contributed by atoms with Gasteiger partial charge in [-0.1, -0.05) is 0 Å². The van der Waals surface area contributed by atoms with Gasteiger partial charge < -0.3 is 15.5 Å². The zero-order chi connectivity index (χ0) is 17.8. The van der Waals surface area contributed by atoms with E-state index in [4.69, 9.17) is 5.11 Å². The fourth-order valence-electron chi connectivity index (χ4n) is 2.14. The number of thiazole rings is 1. The van der Waals surface area contributed by atoms with Crippen molar-refractivity contribution in [2.24, 2.45) is 0 Å². The van der Waals surface area contributed by atoms with E-state index in [1.165, 1.54) is 16.0 Å². The first-order chi connectivity index (χ1) is 12.1. The molecule has 0 radical (unpaired) electrons. The summed E-state index contributed by atoms with van der Waals surface area (Å²) in [5.41, 5.74) is 3.36. The van der Waals surface area contributed by atoms with Crippen molar-refractivity contribution in [3.63, 3.8) is 0 Å². The predicted molar refractivity (Wildman–Crippen MR) is 96.3 cm³/mol. The summed E-state index contributed by atoms with van der Waals surface area (Å²) in [5, 5.41) is 27.2. The molecule has 0 saturated carbocycles. The lowest BCUT2D eigenvalue weighted by Crippen LogP contribution is -2.21. The molecule has 1 unspecified atom stereocenters. The minimum atomic E-state index is -0.927. The number of carbonyl (C=O) groups is 1. The molecule has 0 aliphatic rings. The van der Waals surface area contributed by atoms with Crippen molar-refractivity contribution in [1.29, 1.82) is 0 Å². The van der Waals surface area contributed by atoms with Crippen molar-refractivity contribution in [3.8, 4) is 11.4 Å². The minimum absolute atomic E-state index is 0.118. The highest BCUT2D eigenvalue weighted by Crippen LogP contribution is 2.22. The average Bonchev–Trinajstić information content (AvgIpc) is 3.25. The first-order valence-corrected chi connectivity index (χ1v) is 8.99. The molecule has 0 fully saturated rings. The van der Waals surface area contributed by atoms with Gasteiger partial charge in [0, 0.05) is 16.6 Å². The van der Waals surface area contributed by atoms with Gasteiger partial charge in [-0.3, -0.25) is 4.79 Å². The summed E-state index contributed by atoms with van der Waals surface area (Å²) in [6.07, 6.45) is -0.927. The van der Waals surface area contributed by atoms with E-state index < -0.39 is 6.10 Å². The number of aromatic nitrogens is 4. The van der Waals surface area contributed by atoms with Gasteiger partial charge in [0.25, 0.3) is 5.91 Å². The summed E-state index contributed by atoms with van der Waals surface area (Å²) in [7, 11) is 0. The number of halogens is 1. The Balaban J connectivity index is 1.77. The molecule has 3 rings (SSSR count). The van der Waals surface area contributed by atoms with E-state index in [0.717, 1.165) is 5.56 Å². The van der Waals surface area contributed by atoms with Gasteiger partial charge in [-0.05, 0) is 40.2 Å². The topological polar surface area (TPSA) is 113 Å². The first-order valence-electron chi connectivity index (χ1n) is 7.26. The Morgan fingerprint density at radius 2 is 2.12 bits per heavy atom. The molecular weight excluding hydrogens is 410 g/mol. The number of rotatable bonds is 6. The number of amides is 1. The number of anilines is 1. The molecule has 0 aliphatic carbocycles. The molecule has 2 aromatic heterocycles. The molecule has 0 bridgehead atoms. The molecule has 0 saturated heterocycles. The zero-order valence-electron chi connectivity index (χ0n) is 12.8. The molecule has 2 heterocycles. The summed E-state index contributed by atoms with van der Waals surface area (Å²) in [6.45, 7) is -0.245. The highest BCUT2D eigenvalue weighted by Gasteiger charge is 2.14. The third-order valence-corrected chi connectivity index (χ3v) is 4.23. The molecule has 1 amide bonds. The van der Waals surface area contributed by atoms with Gasteiger partial charge in [-0.25, -0.2) is 14.6 Å². The Kier molecular flexibility index (Phi) is 5.53. The van der Waals surface area contributed by atoms with Crippen molar-refractivity contribution in [1.82, 2.24) is 19.7 Å². The van der Waals surface area contributed by atoms with Gasteiger partial charge >= 0.3 is 0 Å². The standard InChI is InChI=1S/C15H14BrN5O3S/c16-15-19-13(21(20-15)5-11(23)6-22)9-1-3-10(4-2-9)18-14(24)12-7-25-8-17-12/h1-4,7-8,11,22-23H,5-6H2,(H,18,24). The summed E-state index contributed by atoms with van der Waals surface area (Å²) in [6, 6.07) is 7.06. The molecular formula is C15H14BrN5O3S. The summed E-state index contributed by atoms with van der Waals surface area (Å²) in [5.74, 6) is 0.266. The van der Waals surface area contributed by atoms with Gasteiger partial charge in [0.1, 0.15) is 5.69 Å². The van der Waals surface area contributed by atoms with Gasteiger partial charge in [0.2, 0.25) is 4.73 Å². The van der Waals surface area contributed by atoms with E-state index in [9.17, 15) is 9.90 Å². The second-order valence-electron chi connectivity index (χ2n) is 5.13. The molecule has 0 spiro atoms. The number of aliphatic hydroxyl groups is 2. The predicted octanol–water partition coefficient (Wildman–Crippen LogP) is 1.77. The number of nitrogens with one attached hydrogen (secondary N) is 1. The van der Waals surface area contributed by atoms with Crippen LogP contribution in [0.1, 0.15) is 10.5 Å². The van der Waals surface area contributed by atoms with E-state index in [1.54, 1.807) is 35.2 Å². The highest BCUT2D eigenvalue weighted by atomic mass is 79.9. The Hall–Kier alpha value is -2.14. The molecule has 3 aromatic rings. The van der Waals surface area contributed by atoms with Gasteiger partial charge in [0.05, 0.1) is 24.8 Å². The van der Waals surface area contributed by atoms with Crippen LogP contribution in [0, 0.1) is 0 Å². The lowest BCUT2D eigenvalue weighted by molar-refractivity contribution is 0.0785. The van der Waals surface area contributed by atoms with Gasteiger partial charge in [0.15, 0.2) is 5.82 Å². The molecule has 1 atom stereocenters. The van der Waals surface area contributed by atoms with E-state index in [2.05, 4.69) is 36.3 Å². The summed E-state index contributed by atoms with van der Waals surface area (Å²) < 4.78 is 1.89. The van der Waals surface area contributed by atoms with Crippen LogP contribution in [0.15, 0.2) is 39.9 Å². The lowest BCUT2D eigenvalue weighted by atomic mass is 10.2. The first kappa shape index (κ1) is 17.7. The lowest BCUT2D eigenvalue weighted by Gasteiger charge is -2.10.